The van der Waals surface area contributed by atoms with E-state index in [4.69, 9.17) is 21.3 Å². The van der Waals surface area contributed by atoms with E-state index in [2.05, 4.69) is 12.2 Å². The molecule has 1 aliphatic heterocycles. The molecule has 5 heteroatoms. The molecule has 1 atom stereocenters. The van der Waals surface area contributed by atoms with Crippen molar-refractivity contribution in [2.75, 3.05) is 19.8 Å². The summed E-state index contributed by atoms with van der Waals surface area (Å²) in [7, 11) is 0. The number of aromatic nitrogens is 1. The van der Waals surface area contributed by atoms with Crippen molar-refractivity contribution in [1.82, 2.24) is 10.3 Å². The van der Waals surface area contributed by atoms with Crippen LogP contribution in [0.1, 0.15) is 15.9 Å². The molecule has 1 N–H and O–H groups in total. The summed E-state index contributed by atoms with van der Waals surface area (Å²) in [4.78, 5) is 5.97. The molecule has 1 aliphatic rings. The van der Waals surface area contributed by atoms with Gasteiger partial charge in [-0.15, -0.1) is 11.3 Å². The van der Waals surface area contributed by atoms with Gasteiger partial charge in [-0.05, 0) is 19.1 Å². The van der Waals surface area contributed by atoms with E-state index in [0.29, 0.717) is 6.61 Å². The topological polar surface area (TPSA) is 34.1 Å². The molecule has 19 heavy (non-hydrogen) atoms. The fourth-order valence-electron chi connectivity index (χ4n) is 2.19. The minimum absolute atomic E-state index is 0.213. The Morgan fingerprint density at radius 3 is 3.11 bits per heavy atom. The van der Waals surface area contributed by atoms with E-state index in [1.807, 2.05) is 24.3 Å². The standard InChI is InChI=1S/C14H15ClN2OS/c1-9-13(10-3-2-4-11(15)7-10)17-14(19-9)12-8-18-6-5-16-12/h2-4,7,12,16H,5-6,8H2,1H3. The van der Waals surface area contributed by atoms with Crippen LogP contribution in [0.2, 0.25) is 5.02 Å². The molecular formula is C14H15ClN2OS. The SMILES string of the molecule is Cc1sc(C2COCCN2)nc1-c1cccc(Cl)c1. The van der Waals surface area contributed by atoms with Crippen LogP contribution >= 0.6 is 22.9 Å². The minimum Gasteiger partial charge on any atom is -0.378 e. The van der Waals surface area contributed by atoms with E-state index in [1.54, 1.807) is 11.3 Å². The Kier molecular flexibility index (Phi) is 3.84. The molecule has 3 nitrogen and oxygen atoms in total. The van der Waals surface area contributed by atoms with E-state index < -0.39 is 0 Å². The summed E-state index contributed by atoms with van der Waals surface area (Å²) in [6, 6.07) is 8.05. The number of nitrogens with zero attached hydrogens (tertiary/aromatic N) is 1. The lowest BCUT2D eigenvalue weighted by Crippen LogP contribution is -2.34. The highest BCUT2D eigenvalue weighted by molar-refractivity contribution is 7.12. The molecule has 0 saturated carbocycles. The zero-order chi connectivity index (χ0) is 13.2. The Morgan fingerprint density at radius 1 is 1.47 bits per heavy atom. The zero-order valence-electron chi connectivity index (χ0n) is 10.6. The smallest absolute Gasteiger partial charge is 0.113 e. The van der Waals surface area contributed by atoms with E-state index in [1.165, 1.54) is 4.88 Å². The van der Waals surface area contributed by atoms with E-state index >= 15 is 0 Å². The molecule has 2 heterocycles. The highest BCUT2D eigenvalue weighted by Crippen LogP contribution is 2.32. The van der Waals surface area contributed by atoms with Crippen LogP contribution in [-0.4, -0.2) is 24.7 Å². The first-order valence-electron chi connectivity index (χ1n) is 6.28. The Morgan fingerprint density at radius 2 is 2.37 bits per heavy atom. The van der Waals surface area contributed by atoms with Crippen molar-refractivity contribution in [1.29, 1.82) is 0 Å². The molecular weight excluding hydrogens is 280 g/mol. The molecule has 1 aromatic heterocycles. The van der Waals surface area contributed by atoms with Crippen molar-refractivity contribution in [2.24, 2.45) is 0 Å². The number of hydrogen-bond donors (Lipinski definition) is 1. The molecule has 3 rings (SSSR count). The summed E-state index contributed by atoms with van der Waals surface area (Å²) in [6.07, 6.45) is 0. The maximum Gasteiger partial charge on any atom is 0.113 e. The summed E-state index contributed by atoms with van der Waals surface area (Å²) in [5, 5.41) is 5.27. The second-order valence-electron chi connectivity index (χ2n) is 4.55. The molecule has 1 aromatic carbocycles. The van der Waals surface area contributed by atoms with Gasteiger partial charge in [0.15, 0.2) is 0 Å². The lowest BCUT2D eigenvalue weighted by atomic mass is 10.1. The van der Waals surface area contributed by atoms with Crippen LogP contribution in [0.25, 0.3) is 11.3 Å². The number of rotatable bonds is 2. The van der Waals surface area contributed by atoms with Crippen LogP contribution in [0.4, 0.5) is 0 Å². The molecule has 1 saturated heterocycles. The number of nitrogens with one attached hydrogen (secondary N) is 1. The lowest BCUT2D eigenvalue weighted by Gasteiger charge is -2.21. The third-order valence-corrected chi connectivity index (χ3v) is 4.45. The Hall–Kier alpha value is -0.940. The van der Waals surface area contributed by atoms with Crippen molar-refractivity contribution in [3.63, 3.8) is 0 Å². The number of thiazole rings is 1. The molecule has 1 fully saturated rings. The normalized spacial score (nSPS) is 19.6. The van der Waals surface area contributed by atoms with Crippen LogP contribution in [-0.2, 0) is 4.74 Å². The maximum absolute atomic E-state index is 6.05. The fraction of sp³-hybridized carbons (Fsp3) is 0.357. The molecule has 0 radical (unpaired) electrons. The lowest BCUT2D eigenvalue weighted by molar-refractivity contribution is 0.0768. The van der Waals surface area contributed by atoms with Gasteiger partial charge in [0.05, 0.1) is 24.9 Å². The van der Waals surface area contributed by atoms with E-state index in [-0.39, 0.29) is 6.04 Å². The van der Waals surface area contributed by atoms with Crippen LogP contribution in [0.5, 0.6) is 0 Å². The molecule has 100 valence electrons. The first-order valence-corrected chi connectivity index (χ1v) is 7.48. The first kappa shape index (κ1) is 13.1. The monoisotopic (exact) mass is 294 g/mol. The number of benzene rings is 1. The highest BCUT2D eigenvalue weighted by atomic mass is 35.5. The van der Waals surface area contributed by atoms with Gasteiger partial charge in [-0.3, -0.25) is 0 Å². The summed E-state index contributed by atoms with van der Waals surface area (Å²) in [6.45, 7) is 4.46. The molecule has 0 spiro atoms. The number of ether oxygens (including phenoxy) is 1. The third-order valence-electron chi connectivity index (χ3n) is 3.13. The largest absolute Gasteiger partial charge is 0.378 e. The van der Waals surface area contributed by atoms with Crippen LogP contribution in [0.15, 0.2) is 24.3 Å². The molecule has 0 aliphatic carbocycles. The van der Waals surface area contributed by atoms with Crippen molar-refractivity contribution < 1.29 is 4.74 Å². The minimum atomic E-state index is 0.213. The Labute approximate surface area is 121 Å². The van der Waals surface area contributed by atoms with Gasteiger partial charge in [-0.25, -0.2) is 4.98 Å². The van der Waals surface area contributed by atoms with Gasteiger partial charge in [-0.1, -0.05) is 23.7 Å². The van der Waals surface area contributed by atoms with Crippen molar-refractivity contribution in [2.45, 2.75) is 13.0 Å². The fourth-order valence-corrected chi connectivity index (χ4v) is 3.39. The van der Waals surface area contributed by atoms with Crippen LogP contribution in [0, 0.1) is 6.92 Å². The van der Waals surface area contributed by atoms with E-state index in [9.17, 15) is 0 Å². The number of halogens is 1. The number of aryl methyl sites for hydroxylation is 1. The van der Waals surface area contributed by atoms with Crippen LogP contribution in [0.3, 0.4) is 0 Å². The summed E-state index contributed by atoms with van der Waals surface area (Å²) in [5.74, 6) is 0. The average molecular weight is 295 g/mol. The highest BCUT2D eigenvalue weighted by Gasteiger charge is 2.20. The summed E-state index contributed by atoms with van der Waals surface area (Å²) in [5.41, 5.74) is 2.10. The molecule has 0 bridgehead atoms. The number of hydrogen-bond acceptors (Lipinski definition) is 4. The summed E-state index contributed by atoms with van der Waals surface area (Å²) < 4.78 is 5.49. The molecule has 1 unspecified atom stereocenters. The average Bonchev–Trinajstić information content (AvgIpc) is 2.82. The van der Waals surface area contributed by atoms with E-state index in [0.717, 1.165) is 34.4 Å². The van der Waals surface area contributed by atoms with Gasteiger partial charge in [-0.2, -0.15) is 0 Å². The predicted molar refractivity (Wildman–Crippen MR) is 78.9 cm³/mol. The van der Waals surface area contributed by atoms with Gasteiger partial charge in [0.1, 0.15) is 5.01 Å². The zero-order valence-corrected chi connectivity index (χ0v) is 12.2. The molecule has 2 aromatic rings. The maximum atomic E-state index is 6.05. The molecule has 0 amide bonds. The predicted octanol–water partition coefficient (Wildman–Crippen LogP) is 3.43. The van der Waals surface area contributed by atoms with Gasteiger partial charge >= 0.3 is 0 Å². The summed E-state index contributed by atoms with van der Waals surface area (Å²) >= 11 is 7.77. The van der Waals surface area contributed by atoms with Crippen molar-refractivity contribution in [3.05, 3.63) is 39.2 Å². The van der Waals surface area contributed by atoms with Crippen LogP contribution < -0.4 is 5.32 Å². The second-order valence-corrected chi connectivity index (χ2v) is 6.22. The first-order chi connectivity index (χ1) is 9.24. The van der Waals surface area contributed by atoms with Gasteiger partial charge in [0.25, 0.3) is 0 Å². The van der Waals surface area contributed by atoms with Gasteiger partial charge in [0.2, 0.25) is 0 Å². The Bertz CT molecular complexity index is 579. The van der Waals surface area contributed by atoms with Gasteiger partial charge in [0, 0.05) is 22.0 Å². The quantitative estimate of drug-likeness (QED) is 0.921. The Balaban J connectivity index is 1.92. The number of morpholine rings is 1. The van der Waals surface area contributed by atoms with Crippen molar-refractivity contribution >= 4 is 22.9 Å². The third kappa shape index (κ3) is 2.82. The van der Waals surface area contributed by atoms with Crippen molar-refractivity contribution in [3.8, 4) is 11.3 Å². The van der Waals surface area contributed by atoms with Gasteiger partial charge < -0.3 is 10.1 Å². The second kappa shape index (κ2) is 5.59.